The van der Waals surface area contributed by atoms with Crippen molar-refractivity contribution in [3.05, 3.63) is 0 Å². The molecule has 1 fully saturated rings. The monoisotopic (exact) mass is 241 g/mol. The number of amides is 1. The van der Waals surface area contributed by atoms with Crippen LogP contribution in [0.25, 0.3) is 0 Å². The minimum Gasteiger partial charge on any atom is -0.465 e. The Hall–Kier alpha value is -1.06. The van der Waals surface area contributed by atoms with Crippen LogP contribution in [-0.4, -0.2) is 36.5 Å². The average Bonchev–Trinajstić information content (AvgIpc) is 2.70. The summed E-state index contributed by atoms with van der Waals surface area (Å²) in [6, 6.07) is 0. The molecule has 1 heterocycles. The van der Waals surface area contributed by atoms with E-state index in [1.807, 2.05) is 6.92 Å². The topological polar surface area (TPSA) is 46.6 Å². The summed E-state index contributed by atoms with van der Waals surface area (Å²) in [5, 5.41) is 0. The number of nitrogens with zero attached hydrogens (tertiary/aromatic N) is 1. The number of carbonyl (C=O) groups is 2. The van der Waals surface area contributed by atoms with E-state index in [0.717, 1.165) is 12.8 Å². The highest BCUT2D eigenvalue weighted by Gasteiger charge is 2.34. The number of rotatable bonds is 7. The third-order valence-corrected chi connectivity index (χ3v) is 3.17. The Morgan fingerprint density at radius 1 is 1.35 bits per heavy atom. The third kappa shape index (κ3) is 4.36. The first kappa shape index (κ1) is 14.0. The lowest BCUT2D eigenvalue weighted by Gasteiger charge is -2.13. The molecule has 0 aromatic heterocycles. The summed E-state index contributed by atoms with van der Waals surface area (Å²) in [6.45, 7) is 5.78. The predicted octanol–water partition coefficient (Wildman–Crippen LogP) is 1.98. The number of hydrogen-bond acceptors (Lipinski definition) is 3. The van der Waals surface area contributed by atoms with Crippen LogP contribution in [0, 0.1) is 5.92 Å². The minimum atomic E-state index is -0.242. The van der Waals surface area contributed by atoms with Crippen LogP contribution in [0.15, 0.2) is 0 Å². The molecule has 0 N–H and O–H groups in total. The van der Waals surface area contributed by atoms with Crippen LogP contribution < -0.4 is 0 Å². The molecule has 4 heteroatoms. The Morgan fingerprint density at radius 3 is 2.71 bits per heavy atom. The second-order valence-electron chi connectivity index (χ2n) is 4.56. The van der Waals surface area contributed by atoms with E-state index in [9.17, 15) is 9.59 Å². The van der Waals surface area contributed by atoms with Crippen molar-refractivity contribution in [1.82, 2.24) is 4.90 Å². The normalized spacial score (nSPS) is 19.8. The largest absolute Gasteiger partial charge is 0.465 e. The van der Waals surface area contributed by atoms with E-state index in [2.05, 4.69) is 6.92 Å². The molecule has 4 nitrogen and oxygen atoms in total. The molecule has 0 aromatic rings. The molecule has 1 saturated heterocycles. The van der Waals surface area contributed by atoms with Crippen LogP contribution in [-0.2, 0) is 14.3 Å². The highest BCUT2D eigenvalue weighted by molar-refractivity contribution is 5.86. The van der Waals surface area contributed by atoms with E-state index in [0.29, 0.717) is 26.1 Å². The SMILES string of the molecule is CCCCCCOC(=O)C1CC(=O)N(CC)C1. The maximum atomic E-state index is 11.7. The van der Waals surface area contributed by atoms with Gasteiger partial charge in [-0.1, -0.05) is 26.2 Å². The molecule has 1 rings (SSSR count). The van der Waals surface area contributed by atoms with E-state index in [-0.39, 0.29) is 17.8 Å². The first-order chi connectivity index (χ1) is 8.19. The third-order valence-electron chi connectivity index (χ3n) is 3.17. The predicted molar refractivity (Wildman–Crippen MR) is 65.5 cm³/mol. The molecular weight excluding hydrogens is 218 g/mol. The molecule has 1 amide bonds. The molecule has 17 heavy (non-hydrogen) atoms. The highest BCUT2D eigenvalue weighted by Crippen LogP contribution is 2.18. The van der Waals surface area contributed by atoms with Gasteiger partial charge in [0, 0.05) is 19.5 Å². The van der Waals surface area contributed by atoms with Gasteiger partial charge in [0.25, 0.3) is 0 Å². The zero-order valence-corrected chi connectivity index (χ0v) is 10.9. The Labute approximate surface area is 103 Å². The van der Waals surface area contributed by atoms with E-state index in [1.54, 1.807) is 4.90 Å². The maximum absolute atomic E-state index is 11.7. The van der Waals surface area contributed by atoms with Gasteiger partial charge in [-0.25, -0.2) is 0 Å². The van der Waals surface area contributed by atoms with Gasteiger partial charge in [-0.15, -0.1) is 0 Å². The molecule has 0 aromatic carbocycles. The fraction of sp³-hybridized carbons (Fsp3) is 0.846. The summed E-state index contributed by atoms with van der Waals surface area (Å²) < 4.78 is 5.20. The Kier molecular flexibility index (Phi) is 6.01. The molecule has 1 aliphatic rings. The fourth-order valence-corrected chi connectivity index (χ4v) is 2.06. The molecule has 0 saturated carbocycles. The van der Waals surface area contributed by atoms with Gasteiger partial charge in [0.1, 0.15) is 0 Å². The number of likely N-dealkylation sites (tertiary alicyclic amines) is 1. The molecule has 1 aliphatic heterocycles. The fourth-order valence-electron chi connectivity index (χ4n) is 2.06. The lowest BCUT2D eigenvalue weighted by atomic mass is 10.1. The van der Waals surface area contributed by atoms with Crippen LogP contribution >= 0.6 is 0 Å². The molecule has 0 aliphatic carbocycles. The molecule has 98 valence electrons. The van der Waals surface area contributed by atoms with Crippen LogP contribution in [0.5, 0.6) is 0 Å². The minimum absolute atomic E-state index is 0.0698. The van der Waals surface area contributed by atoms with Gasteiger partial charge < -0.3 is 9.64 Å². The second-order valence-corrected chi connectivity index (χ2v) is 4.56. The van der Waals surface area contributed by atoms with Crippen molar-refractivity contribution in [1.29, 1.82) is 0 Å². The molecule has 0 radical (unpaired) electrons. The quantitative estimate of drug-likeness (QED) is 0.506. The summed E-state index contributed by atoms with van der Waals surface area (Å²) in [5.74, 6) is -0.375. The summed E-state index contributed by atoms with van der Waals surface area (Å²) >= 11 is 0. The standard InChI is InChI=1S/C13H23NO3/c1-3-5-6-7-8-17-13(16)11-9-12(15)14(4-2)10-11/h11H,3-10H2,1-2H3. The zero-order valence-electron chi connectivity index (χ0n) is 10.9. The summed E-state index contributed by atoms with van der Waals surface area (Å²) in [4.78, 5) is 24.8. The Bertz CT molecular complexity index is 265. The van der Waals surface area contributed by atoms with Gasteiger partial charge in [-0.3, -0.25) is 9.59 Å². The van der Waals surface area contributed by atoms with Crippen molar-refractivity contribution in [2.24, 2.45) is 5.92 Å². The van der Waals surface area contributed by atoms with E-state index in [1.165, 1.54) is 12.8 Å². The lowest BCUT2D eigenvalue weighted by molar-refractivity contribution is -0.148. The summed E-state index contributed by atoms with van der Waals surface area (Å²) in [7, 11) is 0. The van der Waals surface area contributed by atoms with Crippen LogP contribution in [0.2, 0.25) is 0 Å². The van der Waals surface area contributed by atoms with Crippen molar-refractivity contribution in [2.75, 3.05) is 19.7 Å². The average molecular weight is 241 g/mol. The van der Waals surface area contributed by atoms with Crippen LogP contribution in [0.3, 0.4) is 0 Å². The second kappa shape index (κ2) is 7.30. The van der Waals surface area contributed by atoms with Crippen molar-refractivity contribution < 1.29 is 14.3 Å². The first-order valence-electron chi connectivity index (χ1n) is 6.63. The summed E-state index contributed by atoms with van der Waals surface area (Å²) in [6.07, 6.45) is 4.72. The van der Waals surface area contributed by atoms with Gasteiger partial charge >= 0.3 is 5.97 Å². The van der Waals surface area contributed by atoms with Crippen molar-refractivity contribution in [3.8, 4) is 0 Å². The number of hydrogen-bond donors (Lipinski definition) is 0. The van der Waals surface area contributed by atoms with Gasteiger partial charge in [-0.2, -0.15) is 0 Å². The smallest absolute Gasteiger partial charge is 0.311 e. The van der Waals surface area contributed by atoms with E-state index < -0.39 is 0 Å². The number of unbranched alkanes of at least 4 members (excludes halogenated alkanes) is 3. The molecular formula is C13H23NO3. The first-order valence-corrected chi connectivity index (χ1v) is 6.63. The summed E-state index contributed by atoms with van der Waals surface area (Å²) in [5.41, 5.74) is 0. The van der Waals surface area contributed by atoms with Gasteiger partial charge in [0.05, 0.1) is 12.5 Å². The molecule has 0 spiro atoms. The van der Waals surface area contributed by atoms with Crippen LogP contribution in [0.4, 0.5) is 0 Å². The van der Waals surface area contributed by atoms with Crippen LogP contribution in [0.1, 0.15) is 46.0 Å². The van der Waals surface area contributed by atoms with Gasteiger partial charge in [-0.05, 0) is 13.3 Å². The highest BCUT2D eigenvalue weighted by atomic mass is 16.5. The molecule has 0 bridgehead atoms. The number of carbonyl (C=O) groups excluding carboxylic acids is 2. The van der Waals surface area contributed by atoms with Gasteiger partial charge in [0.15, 0.2) is 0 Å². The maximum Gasteiger partial charge on any atom is 0.311 e. The van der Waals surface area contributed by atoms with E-state index in [4.69, 9.17) is 4.74 Å². The van der Waals surface area contributed by atoms with E-state index >= 15 is 0 Å². The Morgan fingerprint density at radius 2 is 2.12 bits per heavy atom. The number of ether oxygens (including phenoxy) is 1. The Balaban J connectivity index is 2.18. The lowest BCUT2D eigenvalue weighted by Crippen LogP contribution is -2.26. The number of esters is 1. The van der Waals surface area contributed by atoms with Gasteiger partial charge in [0.2, 0.25) is 5.91 Å². The van der Waals surface area contributed by atoms with Crippen molar-refractivity contribution in [2.45, 2.75) is 46.0 Å². The molecule has 1 atom stereocenters. The zero-order chi connectivity index (χ0) is 12.7. The van der Waals surface area contributed by atoms with Crippen molar-refractivity contribution >= 4 is 11.9 Å². The van der Waals surface area contributed by atoms with Crippen molar-refractivity contribution in [3.63, 3.8) is 0 Å². The molecule has 1 unspecified atom stereocenters.